The van der Waals surface area contributed by atoms with Crippen LogP contribution >= 0.6 is 23.2 Å². The molecular formula is C15H11Cl2N5O2. The van der Waals surface area contributed by atoms with E-state index in [1.165, 1.54) is 6.07 Å². The number of hydrogen-bond donors (Lipinski definition) is 2. The number of para-hydroxylation sites is 2. The van der Waals surface area contributed by atoms with Crippen LogP contribution in [0, 0.1) is 0 Å². The molecule has 0 saturated heterocycles. The highest BCUT2D eigenvalue weighted by molar-refractivity contribution is 6.42. The topological polar surface area (TPSA) is 92.8 Å². The molecule has 7 nitrogen and oxygen atoms in total. The number of carbonyl (C=O) groups excluding carboxylic acids is 1. The van der Waals surface area contributed by atoms with Crippen molar-refractivity contribution < 1.29 is 9.53 Å². The van der Waals surface area contributed by atoms with Crippen LogP contribution in [0.2, 0.25) is 10.0 Å². The van der Waals surface area contributed by atoms with E-state index >= 15 is 0 Å². The van der Waals surface area contributed by atoms with Gasteiger partial charge in [-0.3, -0.25) is 4.79 Å². The van der Waals surface area contributed by atoms with E-state index in [1.54, 1.807) is 36.4 Å². The number of amides is 1. The second kappa shape index (κ2) is 7.29. The molecule has 0 aliphatic carbocycles. The summed E-state index contributed by atoms with van der Waals surface area (Å²) < 4.78 is 5.61. The molecule has 1 aromatic heterocycles. The van der Waals surface area contributed by atoms with E-state index in [0.29, 0.717) is 32.9 Å². The molecule has 122 valence electrons. The monoisotopic (exact) mass is 363 g/mol. The Morgan fingerprint density at radius 3 is 2.75 bits per heavy atom. The zero-order valence-corrected chi connectivity index (χ0v) is 13.7. The first-order valence-electron chi connectivity index (χ1n) is 6.84. The van der Waals surface area contributed by atoms with E-state index in [0.717, 1.165) is 0 Å². The van der Waals surface area contributed by atoms with Crippen molar-refractivity contribution in [3.05, 3.63) is 63.9 Å². The molecule has 0 unspecified atom stereocenters. The number of benzene rings is 2. The van der Waals surface area contributed by atoms with Gasteiger partial charge in [0.25, 0.3) is 5.91 Å². The molecule has 3 rings (SSSR count). The minimum atomic E-state index is -0.329. The van der Waals surface area contributed by atoms with Crippen molar-refractivity contribution in [2.45, 2.75) is 6.61 Å². The van der Waals surface area contributed by atoms with Gasteiger partial charge in [-0.1, -0.05) is 40.5 Å². The third-order valence-electron chi connectivity index (χ3n) is 3.06. The van der Waals surface area contributed by atoms with Crippen molar-refractivity contribution in [1.82, 2.24) is 20.6 Å². The fourth-order valence-corrected chi connectivity index (χ4v) is 2.21. The van der Waals surface area contributed by atoms with Gasteiger partial charge in [0.05, 0.1) is 15.7 Å². The molecule has 2 aromatic carbocycles. The predicted octanol–water partition coefficient (Wildman–Crippen LogP) is 3.34. The van der Waals surface area contributed by atoms with E-state index in [9.17, 15) is 4.79 Å². The van der Waals surface area contributed by atoms with Crippen LogP contribution in [-0.4, -0.2) is 26.5 Å². The number of halogens is 2. The van der Waals surface area contributed by atoms with E-state index < -0.39 is 0 Å². The zero-order chi connectivity index (χ0) is 16.9. The molecule has 1 amide bonds. The molecule has 0 bridgehead atoms. The number of hydrogen-bond acceptors (Lipinski definition) is 5. The van der Waals surface area contributed by atoms with Gasteiger partial charge in [-0.2, -0.15) is 5.21 Å². The van der Waals surface area contributed by atoms with Crippen LogP contribution in [-0.2, 0) is 6.61 Å². The lowest BCUT2D eigenvalue weighted by Gasteiger charge is -2.11. The molecular weight excluding hydrogens is 353 g/mol. The Kier molecular flexibility index (Phi) is 4.93. The van der Waals surface area contributed by atoms with Crippen molar-refractivity contribution in [3.63, 3.8) is 0 Å². The Morgan fingerprint density at radius 2 is 2.00 bits per heavy atom. The van der Waals surface area contributed by atoms with Gasteiger partial charge in [0.1, 0.15) is 5.75 Å². The molecule has 0 atom stereocenters. The van der Waals surface area contributed by atoms with Crippen molar-refractivity contribution in [1.29, 1.82) is 0 Å². The Labute approximate surface area is 146 Å². The normalized spacial score (nSPS) is 10.4. The number of ether oxygens (including phenoxy) is 1. The molecule has 1 heterocycles. The third kappa shape index (κ3) is 3.81. The van der Waals surface area contributed by atoms with Crippen LogP contribution in [0.1, 0.15) is 16.2 Å². The van der Waals surface area contributed by atoms with E-state index in [4.69, 9.17) is 27.9 Å². The van der Waals surface area contributed by atoms with Crippen LogP contribution in [0.15, 0.2) is 42.5 Å². The second-order valence-corrected chi connectivity index (χ2v) is 5.51. The first kappa shape index (κ1) is 16.2. The summed E-state index contributed by atoms with van der Waals surface area (Å²) in [6, 6.07) is 11.7. The molecule has 0 fully saturated rings. The number of aromatic nitrogens is 4. The Bertz CT molecular complexity index is 855. The molecule has 0 spiro atoms. The summed E-state index contributed by atoms with van der Waals surface area (Å²) in [5, 5.41) is 16.9. The summed E-state index contributed by atoms with van der Waals surface area (Å²) >= 11 is 11.8. The van der Waals surface area contributed by atoms with Crippen molar-refractivity contribution in [2.24, 2.45) is 0 Å². The van der Waals surface area contributed by atoms with E-state index in [-0.39, 0.29) is 12.5 Å². The predicted molar refractivity (Wildman–Crippen MR) is 89.4 cm³/mol. The maximum atomic E-state index is 12.4. The van der Waals surface area contributed by atoms with Gasteiger partial charge in [-0.05, 0) is 30.3 Å². The average molecular weight is 364 g/mol. The first-order valence-corrected chi connectivity index (χ1v) is 7.59. The van der Waals surface area contributed by atoms with Gasteiger partial charge in [0.2, 0.25) is 5.82 Å². The molecule has 0 radical (unpaired) electrons. The molecule has 9 heteroatoms. The van der Waals surface area contributed by atoms with Gasteiger partial charge in [-0.15, -0.1) is 10.2 Å². The molecule has 0 saturated carbocycles. The summed E-state index contributed by atoms with van der Waals surface area (Å²) in [4.78, 5) is 12.4. The fourth-order valence-electron chi connectivity index (χ4n) is 1.91. The van der Waals surface area contributed by atoms with Gasteiger partial charge < -0.3 is 10.1 Å². The third-order valence-corrected chi connectivity index (χ3v) is 3.80. The number of carbonyl (C=O) groups is 1. The molecule has 2 N–H and O–H groups in total. The Balaban J connectivity index is 1.74. The smallest absolute Gasteiger partial charge is 0.255 e. The lowest BCUT2D eigenvalue weighted by Crippen LogP contribution is -2.13. The van der Waals surface area contributed by atoms with E-state index in [1.807, 2.05) is 0 Å². The lowest BCUT2D eigenvalue weighted by atomic mass is 10.2. The first-order chi connectivity index (χ1) is 11.6. The largest absolute Gasteiger partial charge is 0.483 e. The summed E-state index contributed by atoms with van der Waals surface area (Å²) in [7, 11) is 0. The second-order valence-electron chi connectivity index (χ2n) is 4.70. The standard InChI is InChI=1S/C15H11Cl2N5O2/c16-10-6-5-9(7-11(10)17)15(23)18-12-3-1-2-4-13(12)24-8-14-19-21-22-20-14/h1-7H,8H2,(H,18,23)(H,19,20,21,22). The summed E-state index contributed by atoms with van der Waals surface area (Å²) in [5.74, 6) is 0.556. The van der Waals surface area contributed by atoms with Gasteiger partial charge in [-0.25, -0.2) is 0 Å². The highest BCUT2D eigenvalue weighted by Crippen LogP contribution is 2.26. The number of rotatable bonds is 5. The number of tetrazole rings is 1. The minimum absolute atomic E-state index is 0.121. The molecule has 24 heavy (non-hydrogen) atoms. The zero-order valence-electron chi connectivity index (χ0n) is 12.2. The highest BCUT2D eigenvalue weighted by atomic mass is 35.5. The van der Waals surface area contributed by atoms with Crippen LogP contribution in [0.5, 0.6) is 5.75 Å². The summed E-state index contributed by atoms with van der Waals surface area (Å²) in [6.07, 6.45) is 0. The fraction of sp³-hybridized carbons (Fsp3) is 0.0667. The number of anilines is 1. The summed E-state index contributed by atoms with van der Waals surface area (Å²) in [5.41, 5.74) is 0.898. The SMILES string of the molecule is O=C(Nc1ccccc1OCc1nn[nH]n1)c1ccc(Cl)c(Cl)c1. The van der Waals surface area contributed by atoms with Crippen LogP contribution < -0.4 is 10.1 Å². The maximum absolute atomic E-state index is 12.4. The molecule has 0 aliphatic heterocycles. The number of nitrogens with zero attached hydrogens (tertiary/aromatic N) is 3. The summed E-state index contributed by atoms with van der Waals surface area (Å²) in [6.45, 7) is 0.121. The number of H-pyrrole nitrogens is 1. The average Bonchev–Trinajstić information content (AvgIpc) is 3.10. The minimum Gasteiger partial charge on any atom is -0.483 e. The molecule has 3 aromatic rings. The van der Waals surface area contributed by atoms with Crippen LogP contribution in [0.3, 0.4) is 0 Å². The van der Waals surface area contributed by atoms with Gasteiger partial charge >= 0.3 is 0 Å². The van der Waals surface area contributed by atoms with Gasteiger partial charge in [0.15, 0.2) is 6.61 Å². The number of nitrogens with one attached hydrogen (secondary N) is 2. The quantitative estimate of drug-likeness (QED) is 0.724. The van der Waals surface area contributed by atoms with Crippen LogP contribution in [0.25, 0.3) is 0 Å². The number of aromatic amines is 1. The van der Waals surface area contributed by atoms with Crippen molar-refractivity contribution >= 4 is 34.8 Å². The van der Waals surface area contributed by atoms with Crippen molar-refractivity contribution in [2.75, 3.05) is 5.32 Å². The Morgan fingerprint density at radius 1 is 1.17 bits per heavy atom. The Hall–Kier alpha value is -2.64. The van der Waals surface area contributed by atoms with E-state index in [2.05, 4.69) is 25.9 Å². The lowest BCUT2D eigenvalue weighted by molar-refractivity contribution is 0.102. The maximum Gasteiger partial charge on any atom is 0.255 e. The highest BCUT2D eigenvalue weighted by Gasteiger charge is 2.12. The van der Waals surface area contributed by atoms with Crippen molar-refractivity contribution in [3.8, 4) is 5.75 Å². The van der Waals surface area contributed by atoms with Gasteiger partial charge in [0, 0.05) is 5.56 Å². The van der Waals surface area contributed by atoms with Crippen LogP contribution in [0.4, 0.5) is 5.69 Å². The molecule has 0 aliphatic rings.